The predicted octanol–water partition coefficient (Wildman–Crippen LogP) is 3.23. The van der Waals surface area contributed by atoms with E-state index in [2.05, 4.69) is 21.3 Å². The van der Waals surface area contributed by atoms with Crippen LogP contribution in [0.5, 0.6) is 11.5 Å². The number of hydrazone groups is 1. The second kappa shape index (κ2) is 9.69. The van der Waals surface area contributed by atoms with Crippen LogP contribution < -0.4 is 14.9 Å². The van der Waals surface area contributed by atoms with E-state index >= 15 is 0 Å². The van der Waals surface area contributed by atoms with E-state index < -0.39 is 6.09 Å². The van der Waals surface area contributed by atoms with Gasteiger partial charge in [-0.1, -0.05) is 18.2 Å². The lowest BCUT2D eigenvalue weighted by Gasteiger charge is -2.13. The van der Waals surface area contributed by atoms with Gasteiger partial charge >= 0.3 is 6.09 Å². The highest BCUT2D eigenvalue weighted by atomic mass is 16.5. The summed E-state index contributed by atoms with van der Waals surface area (Å²) < 4.78 is 15.9. The molecule has 26 heavy (non-hydrogen) atoms. The minimum atomic E-state index is -0.651. The summed E-state index contributed by atoms with van der Waals surface area (Å²) >= 11 is 0. The Hall–Kier alpha value is -3.53. The largest absolute Gasteiger partial charge is 0.490 e. The molecule has 0 unspecified atom stereocenters. The standard InChI is InChI=1S/C19H19N3O4/c1-3-25-18-10-14(12-21-22-19(23)24-2)8-9-17(18)26-13-16-7-5-4-6-15(16)11-20/h4-10,12H,3,13H2,1-2H3,(H,22,23). The van der Waals surface area contributed by atoms with E-state index in [1.54, 1.807) is 24.3 Å². The van der Waals surface area contributed by atoms with Crippen molar-refractivity contribution in [2.45, 2.75) is 13.5 Å². The van der Waals surface area contributed by atoms with Crippen LogP contribution in [0.4, 0.5) is 4.79 Å². The van der Waals surface area contributed by atoms with Gasteiger partial charge in [0.25, 0.3) is 0 Å². The van der Waals surface area contributed by atoms with Crippen molar-refractivity contribution in [3.8, 4) is 17.6 Å². The normalized spacial score (nSPS) is 10.2. The fraction of sp³-hybridized carbons (Fsp3) is 0.211. The van der Waals surface area contributed by atoms with E-state index in [0.717, 1.165) is 11.1 Å². The van der Waals surface area contributed by atoms with Gasteiger partial charge in [-0.3, -0.25) is 0 Å². The van der Waals surface area contributed by atoms with Crippen LogP contribution in [-0.4, -0.2) is 26.0 Å². The van der Waals surface area contributed by atoms with Gasteiger partial charge in [0.05, 0.1) is 31.6 Å². The van der Waals surface area contributed by atoms with Crippen molar-refractivity contribution in [3.63, 3.8) is 0 Å². The lowest BCUT2D eigenvalue weighted by Crippen LogP contribution is -2.16. The van der Waals surface area contributed by atoms with Gasteiger partial charge in [0.15, 0.2) is 11.5 Å². The lowest BCUT2D eigenvalue weighted by atomic mass is 10.1. The number of amides is 1. The molecule has 0 heterocycles. The summed E-state index contributed by atoms with van der Waals surface area (Å²) in [7, 11) is 1.26. The molecule has 0 fully saturated rings. The SMILES string of the molecule is CCOc1cc(C=NNC(=O)OC)ccc1OCc1ccccc1C#N. The molecule has 2 aromatic rings. The van der Waals surface area contributed by atoms with Gasteiger partial charge in [-0.25, -0.2) is 10.2 Å². The number of ether oxygens (including phenoxy) is 3. The maximum Gasteiger partial charge on any atom is 0.427 e. The number of carbonyl (C=O) groups excluding carboxylic acids is 1. The van der Waals surface area contributed by atoms with Gasteiger partial charge in [-0.2, -0.15) is 10.4 Å². The second-order valence-electron chi connectivity index (χ2n) is 5.06. The summed E-state index contributed by atoms with van der Waals surface area (Å²) in [5.41, 5.74) is 4.30. The Morgan fingerprint density at radius 2 is 2.04 bits per heavy atom. The quantitative estimate of drug-likeness (QED) is 0.609. The highest BCUT2D eigenvalue weighted by molar-refractivity contribution is 5.82. The molecule has 1 N–H and O–H groups in total. The summed E-state index contributed by atoms with van der Waals surface area (Å²) in [4.78, 5) is 11.0. The number of benzene rings is 2. The first kappa shape index (κ1) is 18.8. The Kier molecular flexibility index (Phi) is 7.01. The number of nitrogens with zero attached hydrogens (tertiary/aromatic N) is 2. The lowest BCUT2D eigenvalue weighted by molar-refractivity contribution is 0.171. The van der Waals surface area contributed by atoms with E-state index in [-0.39, 0.29) is 6.61 Å². The Morgan fingerprint density at radius 1 is 1.23 bits per heavy atom. The molecule has 0 aliphatic heterocycles. The van der Waals surface area contributed by atoms with E-state index in [1.165, 1.54) is 13.3 Å². The monoisotopic (exact) mass is 353 g/mol. The zero-order valence-corrected chi connectivity index (χ0v) is 14.6. The minimum absolute atomic E-state index is 0.251. The average Bonchev–Trinajstić information content (AvgIpc) is 2.67. The second-order valence-corrected chi connectivity index (χ2v) is 5.06. The van der Waals surface area contributed by atoms with Crippen LogP contribution in [0, 0.1) is 11.3 Å². The molecular formula is C19H19N3O4. The van der Waals surface area contributed by atoms with Crippen LogP contribution in [0.1, 0.15) is 23.6 Å². The molecule has 134 valence electrons. The summed E-state index contributed by atoms with van der Waals surface area (Å²) in [5.74, 6) is 1.10. The van der Waals surface area contributed by atoms with E-state index in [9.17, 15) is 4.79 Å². The van der Waals surface area contributed by atoms with Crippen LogP contribution in [-0.2, 0) is 11.3 Å². The molecule has 0 radical (unpaired) electrons. The van der Waals surface area contributed by atoms with Crippen LogP contribution in [0.15, 0.2) is 47.6 Å². The molecule has 0 saturated heterocycles. The number of hydrogen-bond donors (Lipinski definition) is 1. The van der Waals surface area contributed by atoms with E-state index in [1.807, 2.05) is 25.1 Å². The molecule has 0 aliphatic rings. The Labute approximate surface area is 151 Å². The first-order valence-corrected chi connectivity index (χ1v) is 7.92. The molecule has 1 amide bonds. The maximum absolute atomic E-state index is 11.0. The number of rotatable bonds is 7. The van der Waals surface area contributed by atoms with Gasteiger partial charge in [0, 0.05) is 5.56 Å². The van der Waals surface area contributed by atoms with Crippen molar-refractivity contribution in [1.82, 2.24) is 5.43 Å². The van der Waals surface area contributed by atoms with Crippen molar-refractivity contribution in [1.29, 1.82) is 5.26 Å². The Morgan fingerprint density at radius 3 is 2.77 bits per heavy atom. The van der Waals surface area contributed by atoms with Crippen molar-refractivity contribution < 1.29 is 19.0 Å². The summed E-state index contributed by atoms with van der Waals surface area (Å²) in [5, 5.41) is 12.9. The zero-order chi connectivity index (χ0) is 18.8. The Bertz CT molecular complexity index is 828. The fourth-order valence-electron chi connectivity index (χ4n) is 2.11. The Balaban J connectivity index is 2.13. The number of carbonyl (C=O) groups is 1. The van der Waals surface area contributed by atoms with Crippen molar-refractivity contribution >= 4 is 12.3 Å². The molecule has 7 nitrogen and oxygen atoms in total. The molecule has 0 aliphatic carbocycles. The molecule has 0 aromatic heterocycles. The van der Waals surface area contributed by atoms with Crippen LogP contribution in [0.3, 0.4) is 0 Å². The molecule has 0 atom stereocenters. The molecule has 0 bridgehead atoms. The first-order valence-electron chi connectivity index (χ1n) is 7.92. The van der Waals surface area contributed by atoms with E-state index in [4.69, 9.17) is 14.7 Å². The number of nitrogens with one attached hydrogen (secondary N) is 1. The smallest absolute Gasteiger partial charge is 0.427 e. The summed E-state index contributed by atoms with van der Waals surface area (Å²) in [6.45, 7) is 2.58. The maximum atomic E-state index is 11.0. The van der Waals surface area contributed by atoms with Crippen molar-refractivity contribution in [2.24, 2.45) is 5.10 Å². The van der Waals surface area contributed by atoms with Gasteiger partial charge < -0.3 is 14.2 Å². The van der Waals surface area contributed by atoms with Gasteiger partial charge in [0.2, 0.25) is 0 Å². The first-order chi connectivity index (χ1) is 12.7. The van der Waals surface area contributed by atoms with Gasteiger partial charge in [-0.15, -0.1) is 0 Å². The highest BCUT2D eigenvalue weighted by Crippen LogP contribution is 2.29. The number of hydrogen-bond acceptors (Lipinski definition) is 6. The molecular weight excluding hydrogens is 334 g/mol. The van der Waals surface area contributed by atoms with Gasteiger partial charge in [-0.05, 0) is 36.8 Å². The number of nitriles is 1. The molecule has 2 rings (SSSR count). The topological polar surface area (TPSA) is 92.9 Å². The third-order valence-corrected chi connectivity index (χ3v) is 3.34. The van der Waals surface area contributed by atoms with E-state index in [0.29, 0.717) is 23.7 Å². The average molecular weight is 353 g/mol. The zero-order valence-electron chi connectivity index (χ0n) is 14.6. The third-order valence-electron chi connectivity index (χ3n) is 3.34. The summed E-state index contributed by atoms with van der Waals surface area (Å²) in [6.07, 6.45) is 0.816. The van der Waals surface area contributed by atoms with Crippen LogP contribution >= 0.6 is 0 Å². The summed E-state index contributed by atoms with van der Waals surface area (Å²) in [6, 6.07) is 14.7. The molecule has 0 spiro atoms. The molecule has 2 aromatic carbocycles. The number of methoxy groups -OCH3 is 1. The van der Waals surface area contributed by atoms with Crippen molar-refractivity contribution in [3.05, 3.63) is 59.2 Å². The van der Waals surface area contributed by atoms with Crippen LogP contribution in [0.25, 0.3) is 0 Å². The molecule has 0 saturated carbocycles. The van der Waals surface area contributed by atoms with Crippen LogP contribution in [0.2, 0.25) is 0 Å². The predicted molar refractivity (Wildman–Crippen MR) is 96.2 cm³/mol. The minimum Gasteiger partial charge on any atom is -0.490 e. The van der Waals surface area contributed by atoms with Crippen molar-refractivity contribution in [2.75, 3.05) is 13.7 Å². The van der Waals surface area contributed by atoms with Gasteiger partial charge in [0.1, 0.15) is 6.61 Å². The fourth-order valence-corrected chi connectivity index (χ4v) is 2.11. The highest BCUT2D eigenvalue weighted by Gasteiger charge is 2.08. The third kappa shape index (κ3) is 5.24. The molecule has 7 heteroatoms.